The largest absolute Gasteiger partial charge is 0.338 e. The highest BCUT2D eigenvalue weighted by Crippen LogP contribution is 2.17. The van der Waals surface area contributed by atoms with Crippen molar-refractivity contribution < 1.29 is 9.59 Å². The Kier molecular flexibility index (Phi) is 9.82. The van der Waals surface area contributed by atoms with Crippen LogP contribution in [0.1, 0.15) is 77.6 Å². The normalized spacial score (nSPS) is 20.7. The minimum Gasteiger partial charge on any atom is -0.338 e. The molecule has 2 rings (SSSR count). The van der Waals surface area contributed by atoms with Gasteiger partial charge >= 0.3 is 6.03 Å². The fraction of sp³-hybridized carbons (Fsp3) is 0.900. The van der Waals surface area contributed by atoms with Crippen molar-refractivity contribution in [2.75, 3.05) is 26.2 Å². The van der Waals surface area contributed by atoms with Crippen LogP contribution in [0.25, 0.3) is 0 Å². The zero-order valence-electron chi connectivity index (χ0n) is 16.5. The lowest BCUT2D eigenvalue weighted by Gasteiger charge is -2.28. The maximum atomic E-state index is 12.5. The van der Waals surface area contributed by atoms with E-state index in [-0.39, 0.29) is 6.03 Å². The van der Waals surface area contributed by atoms with Gasteiger partial charge in [0.2, 0.25) is 5.91 Å². The number of carbonyl (C=O) groups excluding carboxylic acids is 2. The number of nitrogens with one attached hydrogen (secondary N) is 3. The first-order valence-electron chi connectivity index (χ1n) is 10.7. The van der Waals surface area contributed by atoms with Crippen molar-refractivity contribution in [1.29, 1.82) is 0 Å². The molecule has 1 saturated heterocycles. The average molecular weight is 367 g/mol. The molecule has 2 aliphatic rings. The molecule has 0 spiro atoms. The summed E-state index contributed by atoms with van der Waals surface area (Å²) in [5, 5.41) is 9.37. The van der Waals surface area contributed by atoms with Crippen molar-refractivity contribution in [3.8, 4) is 0 Å². The molecular weight excluding hydrogens is 328 g/mol. The Morgan fingerprint density at radius 3 is 2.58 bits per heavy atom. The highest BCUT2D eigenvalue weighted by atomic mass is 16.2. The summed E-state index contributed by atoms with van der Waals surface area (Å²) in [4.78, 5) is 26.5. The second-order valence-corrected chi connectivity index (χ2v) is 7.78. The van der Waals surface area contributed by atoms with Gasteiger partial charge in [0.15, 0.2) is 0 Å². The van der Waals surface area contributed by atoms with E-state index in [0.717, 1.165) is 64.6 Å². The third-order valence-electron chi connectivity index (χ3n) is 5.55. The molecule has 1 unspecified atom stereocenters. The third-order valence-corrected chi connectivity index (χ3v) is 5.55. The molecule has 2 fully saturated rings. The van der Waals surface area contributed by atoms with Crippen LogP contribution >= 0.6 is 0 Å². The van der Waals surface area contributed by atoms with E-state index in [1.165, 1.54) is 19.3 Å². The molecule has 0 bridgehead atoms. The highest BCUT2D eigenvalue weighted by molar-refractivity contribution is 5.76. The molecular formula is C20H38N4O2. The lowest BCUT2D eigenvalue weighted by molar-refractivity contribution is -0.133. The fourth-order valence-corrected chi connectivity index (χ4v) is 4.06. The van der Waals surface area contributed by atoms with Crippen LogP contribution in [-0.4, -0.2) is 55.1 Å². The Morgan fingerprint density at radius 2 is 1.88 bits per heavy atom. The van der Waals surface area contributed by atoms with Gasteiger partial charge in [0, 0.05) is 38.1 Å². The smallest absolute Gasteiger partial charge is 0.315 e. The number of hydrogen-bond acceptors (Lipinski definition) is 3. The second-order valence-electron chi connectivity index (χ2n) is 7.78. The Morgan fingerprint density at radius 1 is 1.08 bits per heavy atom. The molecule has 3 amide bonds. The third kappa shape index (κ3) is 7.52. The molecule has 6 nitrogen and oxygen atoms in total. The van der Waals surface area contributed by atoms with Gasteiger partial charge in [-0.05, 0) is 45.1 Å². The highest BCUT2D eigenvalue weighted by Gasteiger charge is 2.25. The van der Waals surface area contributed by atoms with Gasteiger partial charge in [0.25, 0.3) is 0 Å². The van der Waals surface area contributed by atoms with E-state index in [4.69, 9.17) is 0 Å². The minimum absolute atomic E-state index is 0.0316. The Bertz CT molecular complexity index is 418. The zero-order valence-corrected chi connectivity index (χ0v) is 16.5. The van der Waals surface area contributed by atoms with Crippen molar-refractivity contribution in [1.82, 2.24) is 20.9 Å². The van der Waals surface area contributed by atoms with Crippen LogP contribution in [0.15, 0.2) is 0 Å². The van der Waals surface area contributed by atoms with Crippen molar-refractivity contribution >= 4 is 11.9 Å². The number of unbranched alkanes of at least 4 members (excludes halogenated alkanes) is 2. The second kappa shape index (κ2) is 12.2. The molecule has 1 aliphatic heterocycles. The maximum Gasteiger partial charge on any atom is 0.315 e. The Labute approximate surface area is 158 Å². The first-order valence-corrected chi connectivity index (χ1v) is 10.7. The van der Waals surface area contributed by atoms with E-state index in [9.17, 15) is 9.59 Å². The molecule has 1 saturated carbocycles. The summed E-state index contributed by atoms with van der Waals surface area (Å²) in [6.45, 7) is 5.65. The Hall–Kier alpha value is -1.30. The number of hydrogen-bond donors (Lipinski definition) is 3. The van der Waals surface area contributed by atoms with Gasteiger partial charge < -0.3 is 20.9 Å². The van der Waals surface area contributed by atoms with Gasteiger partial charge in [0.05, 0.1) is 0 Å². The summed E-state index contributed by atoms with van der Waals surface area (Å²) in [5.74, 6) is 0.295. The number of nitrogens with zero attached hydrogens (tertiary/aromatic N) is 1. The molecule has 1 atom stereocenters. The molecule has 3 N–H and O–H groups in total. The SMILES string of the molecule is CCCN(C(=O)CCCCCNC(=O)NC1CCCCC1)C1CCNC1. The molecule has 150 valence electrons. The standard InChI is InChI=1S/C20H38N4O2/c1-2-15-24(18-12-14-21-16-18)19(25)11-7-4-8-13-22-20(26)23-17-9-5-3-6-10-17/h17-18,21H,2-16H2,1H3,(H2,22,23,26). The average Bonchev–Trinajstić information content (AvgIpc) is 3.17. The van der Waals surface area contributed by atoms with Crippen LogP contribution in [-0.2, 0) is 4.79 Å². The fourth-order valence-electron chi connectivity index (χ4n) is 4.06. The quantitative estimate of drug-likeness (QED) is 0.521. The predicted octanol–water partition coefficient (Wildman–Crippen LogP) is 2.78. The van der Waals surface area contributed by atoms with Crippen molar-refractivity contribution in [2.45, 2.75) is 89.6 Å². The monoisotopic (exact) mass is 366 g/mol. The topological polar surface area (TPSA) is 73.5 Å². The summed E-state index contributed by atoms with van der Waals surface area (Å²) in [6, 6.07) is 0.708. The van der Waals surface area contributed by atoms with Crippen LogP contribution in [0.3, 0.4) is 0 Å². The van der Waals surface area contributed by atoms with Crippen LogP contribution in [0.5, 0.6) is 0 Å². The maximum absolute atomic E-state index is 12.5. The zero-order chi connectivity index (χ0) is 18.6. The van der Waals surface area contributed by atoms with Gasteiger partial charge in [-0.2, -0.15) is 0 Å². The lowest BCUT2D eigenvalue weighted by atomic mass is 9.96. The number of rotatable bonds is 10. The summed E-state index contributed by atoms with van der Waals surface area (Å²) in [7, 11) is 0. The predicted molar refractivity (Wildman–Crippen MR) is 105 cm³/mol. The first-order chi connectivity index (χ1) is 12.7. The summed E-state index contributed by atoms with van der Waals surface area (Å²) in [6.07, 6.45) is 11.5. The van der Waals surface area contributed by atoms with Gasteiger partial charge in [0.1, 0.15) is 0 Å². The van der Waals surface area contributed by atoms with Crippen molar-refractivity contribution in [3.05, 3.63) is 0 Å². The van der Waals surface area contributed by atoms with Crippen molar-refractivity contribution in [3.63, 3.8) is 0 Å². The first kappa shape index (κ1) is 21.0. The molecule has 0 radical (unpaired) electrons. The molecule has 0 aromatic carbocycles. The van der Waals surface area contributed by atoms with Crippen LogP contribution in [0.4, 0.5) is 4.79 Å². The number of carbonyl (C=O) groups is 2. The van der Waals surface area contributed by atoms with Gasteiger partial charge in [-0.25, -0.2) is 4.79 Å². The molecule has 1 heterocycles. The molecule has 0 aromatic rings. The van der Waals surface area contributed by atoms with E-state index < -0.39 is 0 Å². The van der Waals surface area contributed by atoms with Gasteiger partial charge in [-0.1, -0.05) is 32.6 Å². The Balaban J connectivity index is 1.52. The number of amides is 3. The van der Waals surface area contributed by atoms with E-state index in [1.54, 1.807) is 0 Å². The van der Waals surface area contributed by atoms with Crippen LogP contribution < -0.4 is 16.0 Å². The molecule has 6 heteroatoms. The summed E-state index contributed by atoms with van der Waals surface area (Å²) in [5.41, 5.74) is 0. The van der Waals surface area contributed by atoms with E-state index in [0.29, 0.717) is 31.0 Å². The van der Waals surface area contributed by atoms with Crippen LogP contribution in [0.2, 0.25) is 0 Å². The lowest BCUT2D eigenvalue weighted by Crippen LogP contribution is -2.43. The summed E-state index contributed by atoms with van der Waals surface area (Å²) < 4.78 is 0. The van der Waals surface area contributed by atoms with Gasteiger partial charge in [-0.3, -0.25) is 4.79 Å². The van der Waals surface area contributed by atoms with E-state index in [2.05, 4.69) is 27.8 Å². The van der Waals surface area contributed by atoms with E-state index >= 15 is 0 Å². The minimum atomic E-state index is -0.0316. The van der Waals surface area contributed by atoms with Crippen molar-refractivity contribution in [2.24, 2.45) is 0 Å². The van der Waals surface area contributed by atoms with Gasteiger partial charge in [-0.15, -0.1) is 0 Å². The van der Waals surface area contributed by atoms with Crippen LogP contribution in [0, 0.1) is 0 Å². The summed E-state index contributed by atoms with van der Waals surface area (Å²) >= 11 is 0. The molecule has 0 aromatic heterocycles. The van der Waals surface area contributed by atoms with E-state index in [1.807, 2.05) is 0 Å². The molecule has 26 heavy (non-hydrogen) atoms. The number of urea groups is 1. The molecule has 1 aliphatic carbocycles.